The highest BCUT2D eigenvalue weighted by atomic mass is 32.1. The van der Waals surface area contributed by atoms with Crippen molar-refractivity contribution in [3.63, 3.8) is 0 Å². The van der Waals surface area contributed by atoms with Crippen LogP contribution in [0.3, 0.4) is 0 Å². The molecule has 0 aliphatic carbocycles. The van der Waals surface area contributed by atoms with E-state index in [2.05, 4.69) is 55.9 Å². The van der Waals surface area contributed by atoms with Crippen LogP contribution in [-0.2, 0) is 13.0 Å². The molecule has 6 heteroatoms. The second-order valence-corrected chi connectivity index (χ2v) is 7.38. The van der Waals surface area contributed by atoms with Gasteiger partial charge in [0, 0.05) is 12.1 Å². The maximum Gasteiger partial charge on any atom is 0.231 e. The summed E-state index contributed by atoms with van der Waals surface area (Å²) in [5, 5.41) is 7.28. The van der Waals surface area contributed by atoms with E-state index in [0.29, 0.717) is 24.5 Å². The zero-order valence-electron chi connectivity index (χ0n) is 16.2. The van der Waals surface area contributed by atoms with Gasteiger partial charge in [-0.1, -0.05) is 37.3 Å². The molecule has 0 bridgehead atoms. The van der Waals surface area contributed by atoms with Gasteiger partial charge in [-0.2, -0.15) is 0 Å². The Balaban J connectivity index is 1.51. The Morgan fingerprint density at radius 2 is 1.74 bits per heavy atom. The summed E-state index contributed by atoms with van der Waals surface area (Å²) < 4.78 is 10.8. The summed E-state index contributed by atoms with van der Waals surface area (Å²) in [5.41, 5.74) is 3.78. The smallest absolute Gasteiger partial charge is 0.231 e. The van der Waals surface area contributed by atoms with Gasteiger partial charge in [-0.05, 0) is 41.9 Å². The molecule has 1 atom stereocenters. The van der Waals surface area contributed by atoms with Crippen LogP contribution in [0.1, 0.15) is 29.7 Å². The fourth-order valence-corrected chi connectivity index (χ4v) is 3.29. The molecule has 1 aliphatic rings. The summed E-state index contributed by atoms with van der Waals surface area (Å²) in [6.07, 6.45) is 1.06. The second kappa shape index (κ2) is 9.06. The Labute approximate surface area is 166 Å². The molecular weight excluding hydrogens is 358 g/mol. The third-order valence-corrected chi connectivity index (χ3v) is 5.13. The fraction of sp³-hybridized carbons (Fsp3) is 0.381. The maximum atomic E-state index is 5.46. The van der Waals surface area contributed by atoms with Gasteiger partial charge in [0.25, 0.3) is 0 Å². The Morgan fingerprint density at radius 3 is 2.44 bits per heavy atom. The van der Waals surface area contributed by atoms with Gasteiger partial charge in [-0.25, -0.2) is 0 Å². The third kappa shape index (κ3) is 5.11. The monoisotopic (exact) mass is 386 g/mol. The molecule has 1 heterocycles. The predicted molar refractivity (Wildman–Crippen MR) is 111 cm³/mol. The minimum absolute atomic E-state index is 0.291. The first-order chi connectivity index (χ1) is 13.1. The van der Waals surface area contributed by atoms with E-state index in [1.165, 1.54) is 16.0 Å². The van der Waals surface area contributed by atoms with E-state index in [-0.39, 0.29) is 0 Å². The molecule has 2 aromatic rings. The van der Waals surface area contributed by atoms with Gasteiger partial charge >= 0.3 is 0 Å². The standard InChI is InChI=1S/C21H27N3O2S/c1-4-15-5-8-17(9-6-15)18(24(2)3)13-23-21(27)22-12-16-7-10-19-20(11-16)26-14-25-19/h5-11,18H,4,12-14H2,1-3H3,(H2,22,23,27)/p+1/t18-/m1/s1. The summed E-state index contributed by atoms with van der Waals surface area (Å²) in [6.45, 7) is 3.89. The van der Waals surface area contributed by atoms with E-state index in [1.54, 1.807) is 0 Å². The van der Waals surface area contributed by atoms with Crippen molar-refractivity contribution in [3.8, 4) is 11.5 Å². The summed E-state index contributed by atoms with van der Waals surface area (Å²) >= 11 is 5.46. The Hall–Kier alpha value is -2.31. The average molecular weight is 387 g/mol. The number of rotatable bonds is 7. The molecular formula is C21H28N3O2S+. The van der Waals surface area contributed by atoms with Gasteiger partial charge in [0.05, 0.1) is 20.6 Å². The van der Waals surface area contributed by atoms with Crippen molar-refractivity contribution in [3.05, 3.63) is 59.2 Å². The summed E-state index contributed by atoms with van der Waals surface area (Å²) in [5.74, 6) is 1.59. The number of fused-ring (bicyclic) bond motifs is 1. The number of quaternary nitrogens is 1. The van der Waals surface area contributed by atoms with Crippen LogP contribution in [0.4, 0.5) is 0 Å². The largest absolute Gasteiger partial charge is 0.454 e. The molecule has 0 unspecified atom stereocenters. The molecule has 0 aromatic heterocycles. The molecule has 2 aromatic carbocycles. The zero-order chi connectivity index (χ0) is 19.2. The number of thiocarbonyl (C=S) groups is 1. The van der Waals surface area contributed by atoms with Crippen molar-refractivity contribution in [2.75, 3.05) is 27.4 Å². The van der Waals surface area contributed by atoms with E-state index in [9.17, 15) is 0 Å². The Bertz CT molecular complexity index is 777. The van der Waals surface area contributed by atoms with Crippen LogP contribution in [0.25, 0.3) is 0 Å². The SMILES string of the molecule is CCc1ccc([C@@H](CNC(=S)NCc2ccc3c(c2)OCO3)[NH+](C)C)cc1. The number of benzene rings is 2. The normalized spacial score (nSPS) is 13.5. The van der Waals surface area contributed by atoms with Gasteiger partial charge in [0.15, 0.2) is 16.6 Å². The molecule has 0 fully saturated rings. The van der Waals surface area contributed by atoms with E-state index in [1.807, 2.05) is 18.2 Å². The average Bonchev–Trinajstić information content (AvgIpc) is 3.14. The molecule has 0 radical (unpaired) electrons. The summed E-state index contributed by atoms with van der Waals surface area (Å²) in [7, 11) is 4.34. The van der Waals surface area contributed by atoms with Crippen LogP contribution < -0.4 is 25.0 Å². The van der Waals surface area contributed by atoms with E-state index >= 15 is 0 Å². The lowest BCUT2D eigenvalue weighted by molar-refractivity contribution is -0.890. The van der Waals surface area contributed by atoms with Gasteiger partial charge in [-0.15, -0.1) is 0 Å². The number of aryl methyl sites for hydroxylation is 1. The van der Waals surface area contributed by atoms with Crippen LogP contribution in [0.15, 0.2) is 42.5 Å². The first-order valence-electron chi connectivity index (χ1n) is 9.36. The minimum Gasteiger partial charge on any atom is -0.454 e. The van der Waals surface area contributed by atoms with Gasteiger partial charge in [0.1, 0.15) is 6.04 Å². The molecule has 0 saturated heterocycles. The first kappa shape index (κ1) is 19.5. The topological polar surface area (TPSA) is 47.0 Å². The van der Waals surface area contributed by atoms with E-state index < -0.39 is 0 Å². The molecule has 144 valence electrons. The van der Waals surface area contributed by atoms with E-state index in [4.69, 9.17) is 21.7 Å². The predicted octanol–water partition coefficient (Wildman–Crippen LogP) is 1.83. The zero-order valence-corrected chi connectivity index (χ0v) is 17.0. The quantitative estimate of drug-likeness (QED) is 0.634. The van der Waals surface area contributed by atoms with Gasteiger partial charge in [0.2, 0.25) is 6.79 Å². The van der Waals surface area contributed by atoms with Crippen LogP contribution in [0.5, 0.6) is 11.5 Å². The van der Waals surface area contributed by atoms with E-state index in [0.717, 1.165) is 30.0 Å². The van der Waals surface area contributed by atoms with Gasteiger partial charge in [-0.3, -0.25) is 0 Å². The van der Waals surface area contributed by atoms with Crippen LogP contribution in [0, 0.1) is 0 Å². The van der Waals surface area contributed by atoms with Crippen LogP contribution >= 0.6 is 12.2 Å². The third-order valence-electron chi connectivity index (χ3n) is 4.84. The highest BCUT2D eigenvalue weighted by Gasteiger charge is 2.18. The number of likely N-dealkylation sites (N-methyl/N-ethyl adjacent to an activating group) is 1. The molecule has 3 N–H and O–H groups in total. The van der Waals surface area contributed by atoms with Crippen molar-refractivity contribution < 1.29 is 14.4 Å². The molecule has 0 saturated carbocycles. The number of nitrogens with one attached hydrogen (secondary N) is 3. The number of hydrogen-bond acceptors (Lipinski definition) is 3. The highest BCUT2D eigenvalue weighted by Crippen LogP contribution is 2.32. The minimum atomic E-state index is 0.291. The van der Waals surface area contributed by atoms with Crippen molar-refractivity contribution in [1.29, 1.82) is 0 Å². The van der Waals surface area contributed by atoms with Crippen molar-refractivity contribution in [2.45, 2.75) is 25.9 Å². The molecule has 3 rings (SSSR count). The number of ether oxygens (including phenoxy) is 2. The molecule has 0 amide bonds. The van der Waals surface area contributed by atoms with Crippen LogP contribution in [-0.4, -0.2) is 32.5 Å². The fourth-order valence-electron chi connectivity index (χ4n) is 3.13. The first-order valence-corrected chi connectivity index (χ1v) is 9.76. The molecule has 27 heavy (non-hydrogen) atoms. The summed E-state index contributed by atoms with van der Waals surface area (Å²) in [6, 6.07) is 15.1. The molecule has 0 spiro atoms. The maximum absolute atomic E-state index is 5.46. The highest BCUT2D eigenvalue weighted by molar-refractivity contribution is 7.80. The van der Waals surface area contributed by atoms with Crippen molar-refractivity contribution >= 4 is 17.3 Å². The van der Waals surface area contributed by atoms with Crippen molar-refractivity contribution in [2.24, 2.45) is 0 Å². The van der Waals surface area contributed by atoms with Gasteiger partial charge < -0.3 is 25.0 Å². The second-order valence-electron chi connectivity index (χ2n) is 6.98. The Kier molecular flexibility index (Phi) is 6.53. The lowest BCUT2D eigenvalue weighted by Crippen LogP contribution is -3.07. The number of hydrogen-bond donors (Lipinski definition) is 3. The van der Waals surface area contributed by atoms with Crippen LogP contribution in [0.2, 0.25) is 0 Å². The lowest BCUT2D eigenvalue weighted by Gasteiger charge is -2.23. The summed E-state index contributed by atoms with van der Waals surface area (Å²) in [4.78, 5) is 1.37. The molecule has 1 aliphatic heterocycles. The Morgan fingerprint density at radius 1 is 1.04 bits per heavy atom. The van der Waals surface area contributed by atoms with Crippen molar-refractivity contribution in [1.82, 2.24) is 10.6 Å². The molecule has 5 nitrogen and oxygen atoms in total. The lowest BCUT2D eigenvalue weighted by atomic mass is 10.0.